The molecule has 3 aromatic heterocycles. The van der Waals surface area contributed by atoms with Crippen molar-refractivity contribution in [3.8, 4) is 17.3 Å². The largest absolute Gasteiger partial charge is 0.396 e. The molecule has 7 heteroatoms. The highest BCUT2D eigenvalue weighted by Crippen LogP contribution is 2.46. The summed E-state index contributed by atoms with van der Waals surface area (Å²) in [6.45, 7) is 0.164. The van der Waals surface area contributed by atoms with Crippen LogP contribution in [0, 0.1) is 17.2 Å². The van der Waals surface area contributed by atoms with E-state index in [9.17, 15) is 5.11 Å². The lowest BCUT2D eigenvalue weighted by atomic mass is 9.67. The molecule has 1 saturated carbocycles. The third-order valence-corrected chi connectivity index (χ3v) is 4.70. The molecule has 0 amide bonds. The van der Waals surface area contributed by atoms with Gasteiger partial charge in [-0.15, -0.1) is 0 Å². The molecule has 0 aromatic carbocycles. The highest BCUT2D eigenvalue weighted by atomic mass is 16.3. The number of aliphatic hydroxyl groups excluding tert-OH is 1. The molecule has 1 aliphatic rings. The fourth-order valence-electron chi connectivity index (χ4n) is 3.51. The van der Waals surface area contributed by atoms with Gasteiger partial charge in [0.15, 0.2) is 0 Å². The Morgan fingerprint density at radius 3 is 3.09 bits per heavy atom. The van der Waals surface area contributed by atoms with Gasteiger partial charge in [0.05, 0.1) is 29.9 Å². The third-order valence-electron chi connectivity index (χ3n) is 4.70. The van der Waals surface area contributed by atoms with E-state index in [4.69, 9.17) is 5.26 Å². The number of fused-ring (bicyclic) bond motifs is 1. The molecular formula is C16H16N6O. The molecule has 0 radical (unpaired) electrons. The highest BCUT2D eigenvalue weighted by molar-refractivity contribution is 5.89. The van der Waals surface area contributed by atoms with Crippen molar-refractivity contribution >= 4 is 11.0 Å². The maximum Gasteiger partial charge on any atom is 0.141 e. The Bertz CT molecular complexity index is 883. The van der Waals surface area contributed by atoms with Crippen LogP contribution in [-0.2, 0) is 5.54 Å². The van der Waals surface area contributed by atoms with Gasteiger partial charge < -0.3 is 10.1 Å². The van der Waals surface area contributed by atoms with Crippen molar-refractivity contribution in [2.45, 2.75) is 24.8 Å². The van der Waals surface area contributed by atoms with E-state index < -0.39 is 0 Å². The molecule has 0 saturated heterocycles. The van der Waals surface area contributed by atoms with Crippen molar-refractivity contribution in [1.29, 1.82) is 5.26 Å². The van der Waals surface area contributed by atoms with Crippen LogP contribution in [-0.4, -0.2) is 36.4 Å². The van der Waals surface area contributed by atoms with Crippen molar-refractivity contribution in [2.75, 3.05) is 6.61 Å². The molecular weight excluding hydrogens is 292 g/mol. The minimum absolute atomic E-state index is 0.164. The predicted molar refractivity (Wildman–Crippen MR) is 83.1 cm³/mol. The summed E-state index contributed by atoms with van der Waals surface area (Å²) in [7, 11) is 0. The van der Waals surface area contributed by atoms with Gasteiger partial charge in [-0.3, -0.25) is 4.68 Å². The lowest BCUT2D eigenvalue weighted by Gasteiger charge is -2.46. The van der Waals surface area contributed by atoms with Crippen LogP contribution >= 0.6 is 0 Å². The quantitative estimate of drug-likeness (QED) is 0.765. The van der Waals surface area contributed by atoms with Crippen LogP contribution in [0.15, 0.2) is 31.0 Å². The van der Waals surface area contributed by atoms with Gasteiger partial charge >= 0.3 is 0 Å². The van der Waals surface area contributed by atoms with Crippen molar-refractivity contribution in [2.24, 2.45) is 5.92 Å². The average Bonchev–Trinajstić information content (AvgIpc) is 3.18. The zero-order valence-corrected chi connectivity index (χ0v) is 12.5. The Kier molecular flexibility index (Phi) is 3.13. The maximum absolute atomic E-state index is 9.28. The van der Waals surface area contributed by atoms with E-state index in [1.54, 1.807) is 6.20 Å². The first kappa shape index (κ1) is 13.9. The van der Waals surface area contributed by atoms with Crippen LogP contribution in [0.2, 0.25) is 0 Å². The molecule has 3 heterocycles. The number of aromatic nitrogens is 5. The summed E-state index contributed by atoms with van der Waals surface area (Å²) >= 11 is 0. The summed E-state index contributed by atoms with van der Waals surface area (Å²) in [6.07, 6.45) is 9.04. The Hall–Kier alpha value is -2.72. The molecule has 4 rings (SSSR count). The van der Waals surface area contributed by atoms with Gasteiger partial charge in [0.2, 0.25) is 0 Å². The molecule has 23 heavy (non-hydrogen) atoms. The topological polar surface area (TPSA) is 103 Å². The summed E-state index contributed by atoms with van der Waals surface area (Å²) in [6, 6.07) is 4.20. The lowest BCUT2D eigenvalue weighted by molar-refractivity contribution is 0.0203. The minimum Gasteiger partial charge on any atom is -0.396 e. The fourth-order valence-corrected chi connectivity index (χ4v) is 3.51. The van der Waals surface area contributed by atoms with Crippen molar-refractivity contribution in [3.05, 3.63) is 31.0 Å². The van der Waals surface area contributed by atoms with Crippen LogP contribution in [0.3, 0.4) is 0 Å². The first-order chi connectivity index (χ1) is 11.3. The van der Waals surface area contributed by atoms with Gasteiger partial charge in [-0.1, -0.05) is 0 Å². The summed E-state index contributed by atoms with van der Waals surface area (Å²) < 4.78 is 1.87. The van der Waals surface area contributed by atoms with Crippen molar-refractivity contribution < 1.29 is 5.11 Å². The molecule has 0 spiro atoms. The third kappa shape index (κ3) is 2.11. The molecule has 3 aromatic rings. The summed E-state index contributed by atoms with van der Waals surface area (Å²) in [5.41, 5.74) is 2.22. The van der Waals surface area contributed by atoms with Crippen LogP contribution in [0.1, 0.15) is 19.3 Å². The second-order valence-corrected chi connectivity index (χ2v) is 6.15. The highest BCUT2D eigenvalue weighted by Gasteiger charge is 2.46. The van der Waals surface area contributed by atoms with Gasteiger partial charge in [0, 0.05) is 30.0 Å². The van der Waals surface area contributed by atoms with E-state index in [-0.39, 0.29) is 18.1 Å². The van der Waals surface area contributed by atoms with Crippen molar-refractivity contribution in [1.82, 2.24) is 24.7 Å². The van der Waals surface area contributed by atoms with Gasteiger partial charge in [-0.05, 0) is 24.8 Å². The molecule has 0 bridgehead atoms. The summed E-state index contributed by atoms with van der Waals surface area (Å²) in [5.74, 6) is 0.256. The lowest BCUT2D eigenvalue weighted by Crippen LogP contribution is -2.47. The monoisotopic (exact) mass is 308 g/mol. The van der Waals surface area contributed by atoms with Crippen LogP contribution < -0.4 is 0 Å². The van der Waals surface area contributed by atoms with Crippen LogP contribution in [0.5, 0.6) is 0 Å². The summed E-state index contributed by atoms with van der Waals surface area (Å²) in [5, 5.41) is 23.9. The van der Waals surface area contributed by atoms with Gasteiger partial charge in [-0.25, -0.2) is 9.97 Å². The first-order valence-corrected chi connectivity index (χ1v) is 7.57. The van der Waals surface area contributed by atoms with Crippen molar-refractivity contribution in [3.63, 3.8) is 0 Å². The number of hydrogen-bond acceptors (Lipinski definition) is 5. The van der Waals surface area contributed by atoms with E-state index >= 15 is 0 Å². The fraction of sp³-hybridized carbons (Fsp3) is 0.375. The van der Waals surface area contributed by atoms with E-state index in [1.165, 1.54) is 6.33 Å². The second-order valence-electron chi connectivity index (χ2n) is 6.15. The van der Waals surface area contributed by atoms with Gasteiger partial charge in [-0.2, -0.15) is 10.4 Å². The SMILES string of the molecule is N#CC[C@]1(n2cc(-c3ncnc4[nH]ccc34)cn2)C[C@@H](CO)C1. The van der Waals surface area contributed by atoms with Gasteiger partial charge in [0.1, 0.15) is 12.0 Å². The molecule has 0 aliphatic heterocycles. The predicted octanol–water partition coefficient (Wildman–Crippen LogP) is 1.83. The molecule has 116 valence electrons. The van der Waals surface area contributed by atoms with E-state index in [0.29, 0.717) is 6.42 Å². The number of H-pyrrole nitrogens is 1. The van der Waals surface area contributed by atoms with E-state index in [1.807, 2.05) is 23.1 Å². The zero-order valence-electron chi connectivity index (χ0n) is 12.5. The standard InChI is InChI=1S/C16H16N6O/c17-3-2-16(5-11(6-16)9-23)22-8-12(7-21-22)14-13-1-4-18-15(13)20-10-19-14/h1,4,7-8,10-11,23H,2,5-6,9H2,(H,18,19,20)/t11-,16+. The Labute approximate surface area is 132 Å². The smallest absolute Gasteiger partial charge is 0.141 e. The number of nitrogens with zero attached hydrogens (tertiary/aromatic N) is 5. The molecule has 1 fully saturated rings. The Morgan fingerprint density at radius 1 is 1.43 bits per heavy atom. The number of nitrogens with one attached hydrogen (secondary N) is 1. The maximum atomic E-state index is 9.28. The molecule has 7 nitrogen and oxygen atoms in total. The molecule has 0 atom stereocenters. The van der Waals surface area contributed by atoms with E-state index in [2.05, 4.69) is 26.1 Å². The van der Waals surface area contributed by atoms with E-state index in [0.717, 1.165) is 35.1 Å². The number of aliphatic hydroxyl groups is 1. The number of hydrogen-bond donors (Lipinski definition) is 2. The molecule has 1 aliphatic carbocycles. The Morgan fingerprint density at radius 2 is 2.30 bits per heavy atom. The van der Waals surface area contributed by atoms with Crippen LogP contribution in [0.25, 0.3) is 22.3 Å². The molecule has 2 N–H and O–H groups in total. The second kappa shape index (κ2) is 5.18. The number of rotatable bonds is 4. The zero-order chi connectivity index (χ0) is 15.9. The number of aromatic amines is 1. The normalized spacial score (nSPS) is 23.6. The average molecular weight is 308 g/mol. The summed E-state index contributed by atoms with van der Waals surface area (Å²) in [4.78, 5) is 11.6. The Balaban J connectivity index is 1.72. The first-order valence-electron chi connectivity index (χ1n) is 7.57. The van der Waals surface area contributed by atoms with Gasteiger partial charge in [0.25, 0.3) is 0 Å². The van der Waals surface area contributed by atoms with Crippen LogP contribution in [0.4, 0.5) is 0 Å². The molecule has 0 unspecified atom stereocenters. The number of nitriles is 1. The minimum atomic E-state index is -0.301.